The van der Waals surface area contributed by atoms with Crippen molar-refractivity contribution >= 4 is 21.8 Å². The molecule has 0 aliphatic carbocycles. The Morgan fingerprint density at radius 1 is 1.14 bits per heavy atom. The highest BCUT2D eigenvalue weighted by molar-refractivity contribution is 6.50. The van der Waals surface area contributed by atoms with E-state index in [1.807, 2.05) is 6.07 Å². The average Bonchev–Trinajstić information content (AvgIpc) is 2.16. The molecule has 0 spiro atoms. The maximum Gasteiger partial charge on any atom is 0.161 e. The summed E-state index contributed by atoms with van der Waals surface area (Å²) >= 11 is 0. The van der Waals surface area contributed by atoms with Crippen LogP contribution in [-0.2, 0) is 0 Å². The first kappa shape index (κ1) is 10.8. The van der Waals surface area contributed by atoms with Crippen LogP contribution in [0.1, 0.15) is 5.56 Å². The summed E-state index contributed by atoms with van der Waals surface area (Å²) in [5.41, 5.74) is 0.877. The van der Waals surface area contributed by atoms with Gasteiger partial charge in [0.15, 0.2) is 11.5 Å². The molecule has 1 aromatic rings. The van der Waals surface area contributed by atoms with Crippen molar-refractivity contribution in [1.82, 2.24) is 0 Å². The predicted octanol–water partition coefficient (Wildman–Crippen LogP) is 1.34. The molecule has 0 aromatic heterocycles. The van der Waals surface area contributed by atoms with Gasteiger partial charge in [-0.1, -0.05) is 12.1 Å². The van der Waals surface area contributed by atoms with Gasteiger partial charge in [0.2, 0.25) is 0 Å². The average molecular weight is 184 g/mol. The monoisotopic (exact) mass is 184 g/mol. The Hall–Kier alpha value is -1.31. The van der Waals surface area contributed by atoms with Crippen molar-refractivity contribution in [3.8, 4) is 11.5 Å². The first-order chi connectivity index (χ1) is 6.67. The summed E-state index contributed by atoms with van der Waals surface area (Å²) in [6.45, 7) is 0. The molecule has 0 aliphatic rings. The second-order valence-electron chi connectivity index (χ2n) is 2.76. The first-order valence-corrected chi connectivity index (χ1v) is 4.12. The molecule has 2 nitrogen and oxygen atoms in total. The highest BCUT2D eigenvalue weighted by atomic mass is 16.5. The molecule has 4 heteroatoms. The van der Waals surface area contributed by atoms with Crippen molar-refractivity contribution in [3.05, 3.63) is 29.1 Å². The fourth-order valence-electron chi connectivity index (χ4n) is 1.14. The minimum absolute atomic E-state index is 0.261. The van der Waals surface area contributed by atoms with Crippen LogP contribution >= 0.6 is 0 Å². The summed E-state index contributed by atoms with van der Waals surface area (Å²) in [5, 5.41) is 0.261. The van der Waals surface area contributed by atoms with Gasteiger partial charge >= 0.3 is 0 Å². The van der Waals surface area contributed by atoms with E-state index in [9.17, 15) is 0 Å². The molecule has 14 heavy (non-hydrogen) atoms. The lowest BCUT2D eigenvalue weighted by atomic mass is 9.77. The molecule has 4 radical (unpaired) electrons. The van der Waals surface area contributed by atoms with E-state index >= 15 is 0 Å². The Balaban J connectivity index is 3.07. The normalized spacial score (nSPS) is 9.29. The number of rotatable bonds is 3. The van der Waals surface area contributed by atoms with E-state index in [1.165, 1.54) is 0 Å². The van der Waals surface area contributed by atoms with Crippen LogP contribution in [0.2, 0.25) is 0 Å². The van der Waals surface area contributed by atoms with Gasteiger partial charge in [-0.25, -0.2) is 0 Å². The lowest BCUT2D eigenvalue weighted by Gasteiger charge is -2.07. The summed E-state index contributed by atoms with van der Waals surface area (Å²) in [4.78, 5) is 0. The van der Waals surface area contributed by atoms with Gasteiger partial charge < -0.3 is 9.47 Å². The zero-order valence-corrected chi connectivity index (χ0v) is 8.28. The third kappa shape index (κ3) is 2.59. The van der Waals surface area contributed by atoms with Gasteiger partial charge in [-0.15, -0.1) is 0 Å². The third-order valence-corrected chi connectivity index (χ3v) is 1.74. The van der Waals surface area contributed by atoms with E-state index in [2.05, 4.69) is 0 Å². The molecule has 68 valence electrons. The van der Waals surface area contributed by atoms with Crippen LogP contribution in [-0.4, -0.2) is 29.9 Å². The van der Waals surface area contributed by atoms with Crippen molar-refractivity contribution in [1.29, 1.82) is 0 Å². The van der Waals surface area contributed by atoms with Gasteiger partial charge in [-0.05, 0) is 17.7 Å². The van der Waals surface area contributed by atoms with E-state index in [0.29, 0.717) is 11.5 Å². The number of ether oxygens (including phenoxy) is 2. The molecular formula is C10H10B2O2. The number of hydrogen-bond acceptors (Lipinski definition) is 2. The van der Waals surface area contributed by atoms with Gasteiger partial charge in [0.25, 0.3) is 0 Å². The molecule has 0 fully saturated rings. The van der Waals surface area contributed by atoms with Gasteiger partial charge in [0, 0.05) is 0 Å². The topological polar surface area (TPSA) is 18.5 Å². The van der Waals surface area contributed by atoms with Crippen molar-refractivity contribution in [2.75, 3.05) is 14.2 Å². The number of methoxy groups -OCH3 is 2. The summed E-state index contributed by atoms with van der Waals surface area (Å²) in [5.74, 6) is 1.34. The van der Waals surface area contributed by atoms with Crippen molar-refractivity contribution in [2.24, 2.45) is 0 Å². The summed E-state index contributed by atoms with van der Waals surface area (Å²) in [6, 6.07) is 5.45. The molecular weight excluding hydrogens is 174 g/mol. The zero-order valence-electron chi connectivity index (χ0n) is 8.28. The standard InChI is InChI=1S/C10H10B2O2/c1-13-8-4-3-7(6-10(11)12)5-9(8)14-2/h3-6H,1-2H3. The van der Waals surface area contributed by atoms with E-state index < -0.39 is 0 Å². The number of hydrogen-bond donors (Lipinski definition) is 0. The lowest BCUT2D eigenvalue weighted by Crippen LogP contribution is -1.90. The molecule has 0 N–H and O–H groups in total. The third-order valence-electron chi connectivity index (χ3n) is 1.74. The predicted molar refractivity (Wildman–Crippen MR) is 59.0 cm³/mol. The van der Waals surface area contributed by atoms with E-state index in [0.717, 1.165) is 5.56 Å². The minimum atomic E-state index is 0.261. The highest BCUT2D eigenvalue weighted by Gasteiger charge is 2.02. The lowest BCUT2D eigenvalue weighted by molar-refractivity contribution is 0.355. The van der Waals surface area contributed by atoms with Gasteiger partial charge in [-0.3, -0.25) is 0 Å². The SMILES string of the molecule is [B]C([B])=Cc1ccc(OC)c(OC)c1. The second-order valence-corrected chi connectivity index (χ2v) is 2.76. The fourth-order valence-corrected chi connectivity index (χ4v) is 1.14. The Kier molecular flexibility index (Phi) is 3.69. The Labute approximate surface area is 86.7 Å². The van der Waals surface area contributed by atoms with Crippen LogP contribution in [0.25, 0.3) is 6.08 Å². The van der Waals surface area contributed by atoms with Gasteiger partial charge in [0.1, 0.15) is 0 Å². The molecule has 0 aliphatic heterocycles. The Morgan fingerprint density at radius 2 is 1.79 bits per heavy atom. The number of benzene rings is 1. The zero-order chi connectivity index (χ0) is 10.6. The van der Waals surface area contributed by atoms with Crippen molar-refractivity contribution in [3.63, 3.8) is 0 Å². The molecule has 1 rings (SSSR count). The van der Waals surface area contributed by atoms with Crippen LogP contribution in [0.5, 0.6) is 11.5 Å². The van der Waals surface area contributed by atoms with Crippen LogP contribution in [0.15, 0.2) is 23.6 Å². The van der Waals surface area contributed by atoms with Crippen LogP contribution < -0.4 is 9.47 Å². The maximum atomic E-state index is 5.35. The summed E-state index contributed by atoms with van der Waals surface area (Å²) in [6.07, 6.45) is 1.65. The molecule has 0 bridgehead atoms. The van der Waals surface area contributed by atoms with Crippen LogP contribution in [0.3, 0.4) is 0 Å². The van der Waals surface area contributed by atoms with E-state index in [4.69, 9.17) is 25.2 Å². The van der Waals surface area contributed by atoms with Gasteiger partial charge in [0.05, 0.1) is 29.9 Å². The van der Waals surface area contributed by atoms with E-state index in [-0.39, 0.29) is 5.37 Å². The summed E-state index contributed by atoms with van der Waals surface area (Å²) < 4.78 is 10.2. The van der Waals surface area contributed by atoms with Crippen LogP contribution in [0, 0.1) is 0 Å². The Morgan fingerprint density at radius 3 is 2.29 bits per heavy atom. The molecule has 0 amide bonds. The molecule has 0 saturated carbocycles. The maximum absolute atomic E-state index is 5.35. The van der Waals surface area contributed by atoms with Crippen molar-refractivity contribution in [2.45, 2.75) is 0 Å². The van der Waals surface area contributed by atoms with Gasteiger partial charge in [-0.2, -0.15) is 5.37 Å². The molecule has 0 heterocycles. The van der Waals surface area contributed by atoms with Crippen molar-refractivity contribution < 1.29 is 9.47 Å². The fraction of sp³-hybridized carbons (Fsp3) is 0.200. The second kappa shape index (κ2) is 4.80. The molecule has 1 aromatic carbocycles. The first-order valence-electron chi connectivity index (χ1n) is 4.12. The molecule has 0 unspecified atom stereocenters. The largest absolute Gasteiger partial charge is 0.493 e. The van der Waals surface area contributed by atoms with E-state index in [1.54, 1.807) is 32.4 Å². The van der Waals surface area contributed by atoms with Crippen LogP contribution in [0.4, 0.5) is 0 Å². The summed E-state index contributed by atoms with van der Waals surface area (Å²) in [7, 11) is 13.9. The highest BCUT2D eigenvalue weighted by Crippen LogP contribution is 2.27. The minimum Gasteiger partial charge on any atom is -0.493 e. The smallest absolute Gasteiger partial charge is 0.161 e. The molecule has 0 saturated heterocycles. The quantitative estimate of drug-likeness (QED) is 0.659. The Bertz CT molecular complexity index is 344. The molecule has 0 atom stereocenters.